The monoisotopic (exact) mass is 290 g/mol. The van der Waals surface area contributed by atoms with Crippen LogP contribution in [-0.4, -0.2) is 11.5 Å². The Kier molecular flexibility index (Phi) is 2.87. The van der Waals surface area contributed by atoms with Gasteiger partial charge in [0.15, 0.2) is 0 Å². The summed E-state index contributed by atoms with van der Waals surface area (Å²) in [6, 6.07) is 6.62. The smallest absolute Gasteiger partial charge is 0.111 e. The second-order valence-electron chi connectivity index (χ2n) is 5.30. The molecule has 1 unspecified atom stereocenters. The maximum absolute atomic E-state index is 6.06. The van der Waals surface area contributed by atoms with Gasteiger partial charge in [-0.25, -0.2) is 4.98 Å². The molecule has 1 saturated heterocycles. The molecule has 0 saturated carbocycles. The first kappa shape index (κ1) is 11.9. The fourth-order valence-electron chi connectivity index (χ4n) is 3.02. The average molecular weight is 291 g/mol. The molecular weight excluding hydrogens is 276 g/mol. The third-order valence-electron chi connectivity index (χ3n) is 4.00. The molecule has 4 rings (SSSR count). The third kappa shape index (κ3) is 2.00. The van der Waals surface area contributed by atoms with Crippen LogP contribution in [0.3, 0.4) is 0 Å². The molecule has 2 aliphatic rings. The number of hydrogen-bond acceptors (Lipinski definition) is 3. The molecular formula is C15H15ClN2S. The van der Waals surface area contributed by atoms with Crippen molar-refractivity contribution in [1.82, 2.24) is 10.3 Å². The van der Waals surface area contributed by atoms with Crippen molar-refractivity contribution in [1.29, 1.82) is 0 Å². The minimum Gasteiger partial charge on any atom is -0.308 e. The van der Waals surface area contributed by atoms with Crippen molar-refractivity contribution in [2.45, 2.75) is 31.7 Å². The van der Waals surface area contributed by atoms with Crippen LogP contribution in [-0.2, 0) is 6.42 Å². The number of nitrogens with zero attached hydrogens (tertiary/aromatic N) is 1. The molecule has 2 nitrogen and oxygen atoms in total. The fourth-order valence-corrected chi connectivity index (χ4v) is 4.43. The van der Waals surface area contributed by atoms with E-state index in [1.807, 2.05) is 17.4 Å². The van der Waals surface area contributed by atoms with Crippen LogP contribution in [0.25, 0.3) is 11.3 Å². The highest BCUT2D eigenvalue weighted by Crippen LogP contribution is 2.42. The van der Waals surface area contributed by atoms with Crippen LogP contribution >= 0.6 is 22.9 Å². The van der Waals surface area contributed by atoms with Crippen molar-refractivity contribution in [2.75, 3.05) is 6.54 Å². The largest absolute Gasteiger partial charge is 0.308 e. The zero-order valence-corrected chi connectivity index (χ0v) is 12.2. The van der Waals surface area contributed by atoms with Crippen LogP contribution in [0.15, 0.2) is 18.2 Å². The minimum atomic E-state index is 0.472. The summed E-state index contributed by atoms with van der Waals surface area (Å²) in [7, 11) is 0. The highest BCUT2D eigenvalue weighted by molar-refractivity contribution is 7.12. The molecule has 0 bridgehead atoms. The minimum absolute atomic E-state index is 0.472. The number of halogens is 1. The summed E-state index contributed by atoms with van der Waals surface area (Å²) in [5.41, 5.74) is 3.79. The number of benzene rings is 1. The summed E-state index contributed by atoms with van der Waals surface area (Å²) >= 11 is 7.93. The van der Waals surface area contributed by atoms with Gasteiger partial charge >= 0.3 is 0 Å². The first-order valence-electron chi connectivity index (χ1n) is 6.83. The second-order valence-corrected chi connectivity index (χ2v) is 6.86. The first-order valence-corrected chi connectivity index (χ1v) is 8.02. The molecule has 1 aromatic heterocycles. The van der Waals surface area contributed by atoms with E-state index in [1.165, 1.54) is 46.0 Å². The van der Waals surface area contributed by atoms with Gasteiger partial charge in [-0.3, -0.25) is 0 Å². The second kappa shape index (κ2) is 4.58. The molecule has 0 spiro atoms. The van der Waals surface area contributed by atoms with Crippen molar-refractivity contribution >= 4 is 22.9 Å². The molecule has 1 atom stereocenters. The molecule has 0 radical (unpaired) electrons. The lowest BCUT2D eigenvalue weighted by atomic mass is 10.1. The van der Waals surface area contributed by atoms with Crippen molar-refractivity contribution in [3.05, 3.63) is 38.7 Å². The summed E-state index contributed by atoms with van der Waals surface area (Å²) in [5, 5.41) is 5.68. The lowest BCUT2D eigenvalue weighted by Gasteiger charge is -2.21. The predicted octanol–water partition coefficient (Wildman–Crippen LogP) is 4.18. The lowest BCUT2D eigenvalue weighted by Crippen LogP contribution is -2.26. The van der Waals surface area contributed by atoms with Crippen LogP contribution in [0.2, 0.25) is 5.02 Å². The predicted molar refractivity (Wildman–Crippen MR) is 80.0 cm³/mol. The average Bonchev–Trinajstić information content (AvgIpc) is 2.96. The summed E-state index contributed by atoms with van der Waals surface area (Å²) in [5.74, 6) is 0. The van der Waals surface area contributed by atoms with E-state index in [0.717, 1.165) is 18.0 Å². The van der Waals surface area contributed by atoms with E-state index < -0.39 is 0 Å². The SMILES string of the molecule is Clc1ccc2c(c1)Cc1sc(C3CCCCN3)nc1-2. The Balaban J connectivity index is 1.71. The van der Waals surface area contributed by atoms with Crippen molar-refractivity contribution in [3.63, 3.8) is 0 Å². The molecule has 4 heteroatoms. The van der Waals surface area contributed by atoms with E-state index >= 15 is 0 Å². The molecule has 1 fully saturated rings. The van der Waals surface area contributed by atoms with Gasteiger partial charge in [-0.2, -0.15) is 0 Å². The first-order chi connectivity index (χ1) is 9.31. The number of fused-ring (bicyclic) bond motifs is 3. The molecule has 19 heavy (non-hydrogen) atoms. The van der Waals surface area contributed by atoms with E-state index in [1.54, 1.807) is 0 Å². The Labute approximate surface area is 121 Å². The molecule has 98 valence electrons. The van der Waals surface area contributed by atoms with Gasteiger partial charge in [0, 0.05) is 21.9 Å². The van der Waals surface area contributed by atoms with E-state index in [2.05, 4.69) is 17.4 Å². The van der Waals surface area contributed by atoms with Gasteiger partial charge in [0.05, 0.1) is 11.7 Å². The van der Waals surface area contributed by atoms with Crippen LogP contribution in [0.5, 0.6) is 0 Å². The van der Waals surface area contributed by atoms with Crippen LogP contribution in [0, 0.1) is 0 Å². The fraction of sp³-hybridized carbons (Fsp3) is 0.400. The van der Waals surface area contributed by atoms with E-state index in [9.17, 15) is 0 Å². The maximum atomic E-state index is 6.06. The standard InChI is InChI=1S/C15H15ClN2S/c16-10-4-5-11-9(7-10)8-13-14(11)18-15(19-13)12-3-1-2-6-17-12/h4-5,7,12,17H,1-3,6,8H2. The zero-order valence-electron chi connectivity index (χ0n) is 10.6. The van der Waals surface area contributed by atoms with Gasteiger partial charge in [0.2, 0.25) is 0 Å². The Bertz CT molecular complexity index is 629. The van der Waals surface area contributed by atoms with Gasteiger partial charge < -0.3 is 5.32 Å². The van der Waals surface area contributed by atoms with Gasteiger partial charge in [0.1, 0.15) is 5.01 Å². The quantitative estimate of drug-likeness (QED) is 0.727. The lowest BCUT2D eigenvalue weighted by molar-refractivity contribution is 0.411. The maximum Gasteiger partial charge on any atom is 0.111 e. The Morgan fingerprint density at radius 1 is 1.32 bits per heavy atom. The molecule has 1 aliphatic heterocycles. The van der Waals surface area contributed by atoms with Crippen LogP contribution < -0.4 is 5.32 Å². The summed E-state index contributed by atoms with van der Waals surface area (Å²) in [4.78, 5) is 6.30. The highest BCUT2D eigenvalue weighted by Gasteiger charge is 2.26. The van der Waals surface area contributed by atoms with E-state index in [0.29, 0.717) is 6.04 Å². The Morgan fingerprint density at radius 3 is 3.11 bits per heavy atom. The topological polar surface area (TPSA) is 24.9 Å². The van der Waals surface area contributed by atoms with Crippen LogP contribution in [0.1, 0.15) is 40.8 Å². The normalized spacial score (nSPS) is 21.2. The van der Waals surface area contributed by atoms with E-state index in [4.69, 9.17) is 16.6 Å². The summed E-state index contributed by atoms with van der Waals surface area (Å²) in [6.45, 7) is 1.13. The Morgan fingerprint density at radius 2 is 2.26 bits per heavy atom. The van der Waals surface area contributed by atoms with Crippen LogP contribution in [0.4, 0.5) is 0 Å². The summed E-state index contributed by atoms with van der Waals surface area (Å²) < 4.78 is 0. The number of aromatic nitrogens is 1. The molecule has 1 N–H and O–H groups in total. The molecule has 2 heterocycles. The molecule has 1 aliphatic carbocycles. The number of rotatable bonds is 1. The van der Waals surface area contributed by atoms with E-state index in [-0.39, 0.29) is 0 Å². The number of piperidine rings is 1. The number of thiazole rings is 1. The molecule has 0 amide bonds. The third-order valence-corrected chi connectivity index (χ3v) is 5.40. The Hall–Kier alpha value is -0.900. The van der Waals surface area contributed by atoms with Gasteiger partial charge in [-0.1, -0.05) is 24.1 Å². The summed E-state index contributed by atoms with van der Waals surface area (Å²) in [6.07, 6.45) is 4.83. The van der Waals surface area contributed by atoms with Crippen molar-refractivity contribution in [2.24, 2.45) is 0 Å². The van der Waals surface area contributed by atoms with Gasteiger partial charge in [-0.15, -0.1) is 11.3 Å². The zero-order chi connectivity index (χ0) is 12.8. The molecule has 1 aromatic carbocycles. The molecule has 2 aromatic rings. The number of hydrogen-bond donors (Lipinski definition) is 1. The highest BCUT2D eigenvalue weighted by atomic mass is 35.5. The van der Waals surface area contributed by atoms with Crippen molar-refractivity contribution in [3.8, 4) is 11.3 Å². The van der Waals surface area contributed by atoms with Gasteiger partial charge in [-0.05, 0) is 37.1 Å². The van der Waals surface area contributed by atoms with Crippen molar-refractivity contribution < 1.29 is 0 Å². The van der Waals surface area contributed by atoms with Gasteiger partial charge in [0.25, 0.3) is 0 Å². The number of nitrogens with one attached hydrogen (secondary N) is 1.